The predicted octanol–water partition coefficient (Wildman–Crippen LogP) is 5.31. The van der Waals surface area contributed by atoms with Crippen LogP contribution in [0, 0.1) is 20.8 Å². The van der Waals surface area contributed by atoms with Crippen LogP contribution in [0.2, 0.25) is 0 Å². The van der Waals surface area contributed by atoms with Crippen molar-refractivity contribution in [3.05, 3.63) is 82.4 Å². The lowest BCUT2D eigenvalue weighted by Crippen LogP contribution is -1.89. The monoisotopic (exact) mass is 260 g/mol. The lowest BCUT2D eigenvalue weighted by Gasteiger charge is -2.07. The summed E-state index contributed by atoms with van der Waals surface area (Å²) in [6, 6.07) is 19.8. The van der Waals surface area contributed by atoms with Gasteiger partial charge < -0.3 is 0 Å². The van der Waals surface area contributed by atoms with E-state index < -0.39 is 0 Å². The molecule has 0 spiro atoms. The molecule has 2 aliphatic carbocycles. The lowest BCUT2D eigenvalue weighted by atomic mass is 9.97. The molecule has 0 fully saturated rings. The maximum Gasteiger partial charge on any atom is -0.00195 e. The lowest BCUT2D eigenvalue weighted by molar-refractivity contribution is 1.20. The molecule has 2 aliphatic rings. The van der Waals surface area contributed by atoms with Crippen LogP contribution in [-0.4, -0.2) is 0 Å². The molecule has 0 unspecified atom stereocenters. The third-order valence-corrected chi connectivity index (χ3v) is 3.99. The minimum atomic E-state index is 1.01. The first-order valence-electron chi connectivity index (χ1n) is 7.18. The average Bonchev–Trinajstić information content (AvgIpc) is 2.78. The molecule has 0 heteroatoms. The van der Waals surface area contributed by atoms with Gasteiger partial charge in [0.05, 0.1) is 0 Å². The molecule has 0 aromatic heterocycles. The molecule has 0 bridgehead atoms. The Morgan fingerprint density at radius 3 is 2.20 bits per heavy atom. The van der Waals surface area contributed by atoms with Crippen molar-refractivity contribution in [2.24, 2.45) is 0 Å². The Hall–Kier alpha value is -2.08. The van der Waals surface area contributed by atoms with Gasteiger partial charge in [0, 0.05) is 0 Å². The number of rotatable bonds is 2. The van der Waals surface area contributed by atoms with E-state index in [4.69, 9.17) is 0 Å². The Morgan fingerprint density at radius 2 is 1.45 bits per heavy atom. The Bertz CT molecular complexity index is 708. The Balaban J connectivity index is 2.12. The third-order valence-electron chi connectivity index (χ3n) is 3.99. The fraction of sp³-hybridized carbons (Fsp3) is 0.200. The Labute approximate surface area is 121 Å². The van der Waals surface area contributed by atoms with Gasteiger partial charge in [0.15, 0.2) is 0 Å². The highest BCUT2D eigenvalue weighted by Crippen LogP contribution is 2.34. The van der Waals surface area contributed by atoms with Crippen LogP contribution < -0.4 is 0 Å². The largest absolute Gasteiger partial charge is 0.0622 e. The zero-order valence-corrected chi connectivity index (χ0v) is 12.4. The Morgan fingerprint density at radius 1 is 0.750 bits per heavy atom. The van der Waals surface area contributed by atoms with Crippen LogP contribution in [0.4, 0.5) is 0 Å². The molecule has 100 valence electrons. The third kappa shape index (κ3) is 2.34. The van der Waals surface area contributed by atoms with E-state index in [2.05, 4.69) is 75.4 Å². The van der Waals surface area contributed by atoms with Gasteiger partial charge in [0.1, 0.15) is 0 Å². The molecule has 0 heterocycles. The number of aryl methyl sites for hydroxylation is 3. The van der Waals surface area contributed by atoms with Crippen molar-refractivity contribution >= 4 is 0 Å². The topological polar surface area (TPSA) is 0 Å². The molecule has 0 radical (unpaired) electrons. The molecule has 0 atom stereocenters. The zero-order chi connectivity index (χ0) is 14.1. The highest BCUT2D eigenvalue weighted by atomic mass is 14.2. The first-order chi connectivity index (χ1) is 9.65. The highest BCUT2D eigenvalue weighted by molar-refractivity contribution is 5.77. The molecule has 20 heavy (non-hydrogen) atoms. The van der Waals surface area contributed by atoms with Crippen LogP contribution in [-0.2, 0) is 6.42 Å². The normalized spacial score (nSPS) is 10.9. The van der Waals surface area contributed by atoms with Gasteiger partial charge in [-0.1, -0.05) is 60.2 Å². The van der Waals surface area contributed by atoms with E-state index >= 15 is 0 Å². The number of fused-ring (bicyclic) bond motifs is 1. The van der Waals surface area contributed by atoms with Gasteiger partial charge in [-0.2, -0.15) is 0 Å². The van der Waals surface area contributed by atoms with Crippen molar-refractivity contribution in [3.63, 3.8) is 0 Å². The molecule has 3 rings (SSSR count). The number of benzene rings is 1. The fourth-order valence-corrected chi connectivity index (χ4v) is 3.16. The van der Waals surface area contributed by atoms with E-state index in [1.807, 2.05) is 0 Å². The zero-order valence-electron chi connectivity index (χ0n) is 12.4. The average molecular weight is 260 g/mol. The van der Waals surface area contributed by atoms with Crippen LogP contribution >= 0.6 is 0 Å². The first kappa shape index (κ1) is 12.9. The van der Waals surface area contributed by atoms with Gasteiger partial charge in [-0.15, -0.1) is 0 Å². The molecule has 0 amide bonds. The number of hydrogen-bond donors (Lipinski definition) is 0. The maximum absolute atomic E-state index is 2.30. The first-order valence-corrected chi connectivity index (χ1v) is 7.18. The molecular formula is C20H20. The van der Waals surface area contributed by atoms with Crippen LogP contribution in [0.15, 0.2) is 54.6 Å². The van der Waals surface area contributed by atoms with Gasteiger partial charge in [-0.05, 0) is 60.6 Å². The van der Waals surface area contributed by atoms with Crippen molar-refractivity contribution < 1.29 is 0 Å². The Kier molecular flexibility index (Phi) is 3.31. The van der Waals surface area contributed by atoms with Crippen LogP contribution in [0.3, 0.4) is 0 Å². The molecule has 0 N–H and O–H groups in total. The van der Waals surface area contributed by atoms with Crippen molar-refractivity contribution in [3.8, 4) is 11.1 Å². The molecule has 0 saturated carbocycles. The van der Waals surface area contributed by atoms with Crippen molar-refractivity contribution in [1.82, 2.24) is 0 Å². The SMILES string of the molecule is Cc1cc(C)c2ccc(Cc3ccccc3)c-2c(C)c1. The molecule has 0 saturated heterocycles. The standard InChI is InChI=1S/C20H20/c1-14-11-15(2)19-10-9-18(20(19)16(3)12-14)13-17-7-5-4-6-8-17/h4-12H,13H2,1-3H3. The van der Waals surface area contributed by atoms with E-state index in [0.717, 1.165) is 6.42 Å². The molecule has 1 aromatic rings. The van der Waals surface area contributed by atoms with Crippen molar-refractivity contribution in [2.45, 2.75) is 27.2 Å². The van der Waals surface area contributed by atoms with Gasteiger partial charge >= 0.3 is 0 Å². The van der Waals surface area contributed by atoms with Gasteiger partial charge in [-0.3, -0.25) is 0 Å². The summed E-state index contributed by atoms with van der Waals surface area (Å²) in [6.45, 7) is 6.61. The second-order valence-electron chi connectivity index (χ2n) is 5.71. The van der Waals surface area contributed by atoms with E-state index in [9.17, 15) is 0 Å². The summed E-state index contributed by atoms with van der Waals surface area (Å²) in [5.74, 6) is 0. The minimum Gasteiger partial charge on any atom is -0.0622 e. The summed E-state index contributed by atoms with van der Waals surface area (Å²) in [5, 5.41) is 0. The van der Waals surface area contributed by atoms with E-state index in [1.165, 1.54) is 38.9 Å². The fourth-order valence-electron chi connectivity index (χ4n) is 3.16. The minimum absolute atomic E-state index is 1.01. The molecule has 0 aliphatic heterocycles. The van der Waals surface area contributed by atoms with E-state index in [-0.39, 0.29) is 0 Å². The molecule has 1 aromatic carbocycles. The molecular weight excluding hydrogens is 240 g/mol. The highest BCUT2D eigenvalue weighted by Gasteiger charge is 2.14. The van der Waals surface area contributed by atoms with Gasteiger partial charge in [0.25, 0.3) is 0 Å². The van der Waals surface area contributed by atoms with Gasteiger partial charge in [0.2, 0.25) is 0 Å². The second-order valence-corrected chi connectivity index (χ2v) is 5.71. The number of hydrogen-bond acceptors (Lipinski definition) is 0. The van der Waals surface area contributed by atoms with E-state index in [1.54, 1.807) is 0 Å². The summed E-state index contributed by atoms with van der Waals surface area (Å²) >= 11 is 0. The summed E-state index contributed by atoms with van der Waals surface area (Å²) < 4.78 is 0. The quantitative estimate of drug-likeness (QED) is 0.586. The maximum atomic E-state index is 2.30. The summed E-state index contributed by atoms with van der Waals surface area (Å²) in [6.07, 6.45) is 1.01. The van der Waals surface area contributed by atoms with Crippen LogP contribution in [0.1, 0.15) is 27.8 Å². The summed E-state index contributed by atoms with van der Waals surface area (Å²) in [5.41, 5.74) is 9.71. The predicted molar refractivity (Wildman–Crippen MR) is 86.5 cm³/mol. The van der Waals surface area contributed by atoms with Crippen molar-refractivity contribution in [1.29, 1.82) is 0 Å². The summed E-state index contributed by atoms with van der Waals surface area (Å²) in [4.78, 5) is 0. The second kappa shape index (κ2) is 5.13. The van der Waals surface area contributed by atoms with E-state index in [0.29, 0.717) is 0 Å². The van der Waals surface area contributed by atoms with Crippen LogP contribution in [0.5, 0.6) is 0 Å². The summed E-state index contributed by atoms with van der Waals surface area (Å²) in [7, 11) is 0. The molecule has 0 nitrogen and oxygen atoms in total. The van der Waals surface area contributed by atoms with Crippen LogP contribution in [0.25, 0.3) is 11.1 Å². The van der Waals surface area contributed by atoms with Crippen molar-refractivity contribution in [2.75, 3.05) is 0 Å². The van der Waals surface area contributed by atoms with Gasteiger partial charge in [-0.25, -0.2) is 0 Å². The smallest absolute Gasteiger partial charge is 0.00195 e.